The quantitative estimate of drug-likeness (QED) is 0.00947. The largest absolute Gasteiger partial charge is 0.508 e. The minimum atomic E-state index is -2.29. The lowest BCUT2D eigenvalue weighted by atomic mass is 9.96. The van der Waals surface area contributed by atoms with Crippen LogP contribution in [0.1, 0.15) is 120 Å². The first-order valence-electron chi connectivity index (χ1n) is 37.4. The number of aliphatic carboxylic acids is 1. The van der Waals surface area contributed by atoms with Crippen LogP contribution < -0.4 is 81.8 Å². The second-order valence-electron chi connectivity index (χ2n) is 27.6. The van der Waals surface area contributed by atoms with Gasteiger partial charge in [0.1, 0.15) is 85.6 Å². The number of hydrogen-bond donors (Lipinski definition) is 19. The molecule has 0 spiro atoms. The Kier molecular flexibility index (Phi) is 42.7. The molecule has 0 radical (unpaired) electrons. The highest BCUT2D eigenvalue weighted by atomic mass is 16.8. The zero-order chi connectivity index (χ0) is 91.4. The Morgan fingerprint density at radius 3 is 1.48 bits per heavy atom. The second kappa shape index (κ2) is 50.4. The second-order valence-corrected chi connectivity index (χ2v) is 27.6. The summed E-state index contributed by atoms with van der Waals surface area (Å²) in [6, 6.07) is -11.3. The number of nitrogens with two attached hydrogens (primary N) is 5. The first-order chi connectivity index (χ1) is 56.6. The van der Waals surface area contributed by atoms with Crippen LogP contribution >= 0.6 is 0 Å². The number of phenols is 1. The van der Waals surface area contributed by atoms with Crippen LogP contribution in [-0.2, 0) is 154 Å². The summed E-state index contributed by atoms with van der Waals surface area (Å²) in [7, 11) is 0. The first kappa shape index (κ1) is 103. The SMILES string of the molecule is CC[C@H](C)[C@H](NC(=O)[C@H](CCC(N)=O)NC(=O)[C@H](CO[C@@H]1O[C@H](COC(C)=O)[C@H](O[C@H]2O[C@H](COC(C)=O)[C@H](OC(C)=O)[C@H](OC(C)=O)[C@H]2OC(C)=O)[C@H](OC(C)=O)[C@H]1OC(C)=O)NC(=O)[C@H](C)NC(=O)CNC(=O)[C@H](Cc1ccc(O)cc1)NC(=O)[C@@H](N)CC(=O)O)C(=O)N[C@@H](CC(N)=O)C(=O)N[C@@H](CO)C(=O)N[C@@H](CCCNC(=N)N)C(N)=O. The third-order valence-corrected chi connectivity index (χ3v) is 17.5. The molecule has 12 amide bonds. The van der Waals surface area contributed by atoms with E-state index >= 15 is 4.79 Å². The lowest BCUT2D eigenvalue weighted by Crippen LogP contribution is -2.67. The maximum atomic E-state index is 15.2. The molecule has 2 aliphatic rings. The minimum Gasteiger partial charge on any atom is -0.508 e. The van der Waals surface area contributed by atoms with Crippen LogP contribution in [-0.4, -0.2) is 295 Å². The summed E-state index contributed by atoms with van der Waals surface area (Å²) in [4.78, 5) is 265. The number of carbonyl (C=O) groups excluding carboxylic acids is 19. The molecule has 24 N–H and O–H groups in total. The highest BCUT2D eigenvalue weighted by Crippen LogP contribution is 2.36. The van der Waals surface area contributed by atoms with Crippen molar-refractivity contribution in [3.05, 3.63) is 29.8 Å². The first-order valence-corrected chi connectivity index (χ1v) is 37.4. The molecule has 1 aromatic carbocycles. The summed E-state index contributed by atoms with van der Waals surface area (Å²) in [6.07, 6.45) is -23.9. The van der Waals surface area contributed by atoms with Gasteiger partial charge >= 0.3 is 47.8 Å². The lowest BCUT2D eigenvalue weighted by molar-refractivity contribution is -0.361. The van der Waals surface area contributed by atoms with Crippen molar-refractivity contribution in [1.29, 1.82) is 5.41 Å². The van der Waals surface area contributed by atoms with Gasteiger partial charge in [-0.05, 0) is 49.8 Å². The van der Waals surface area contributed by atoms with E-state index in [-0.39, 0.29) is 38.0 Å². The van der Waals surface area contributed by atoms with Gasteiger partial charge in [0, 0.05) is 67.9 Å². The Hall–Kier alpha value is -12.5. The molecule has 2 saturated heterocycles. The predicted molar refractivity (Wildman–Crippen MR) is 402 cm³/mol. The molecule has 3 rings (SSSR count). The molecule has 2 heterocycles. The number of nitrogens with one attached hydrogen (secondary N) is 11. The van der Waals surface area contributed by atoms with Crippen molar-refractivity contribution in [2.24, 2.45) is 34.6 Å². The summed E-state index contributed by atoms with van der Waals surface area (Å²) < 4.78 is 63.4. The van der Waals surface area contributed by atoms with Gasteiger partial charge < -0.3 is 149 Å². The zero-order valence-corrected chi connectivity index (χ0v) is 67.6. The van der Waals surface area contributed by atoms with E-state index in [4.69, 9.17) is 86.2 Å². The highest BCUT2D eigenvalue weighted by molar-refractivity contribution is 6.00. The summed E-state index contributed by atoms with van der Waals surface area (Å²) in [6.45, 7) is 5.06. The molecule has 20 atom stereocenters. The molecular weight excluding hydrogens is 1620 g/mol. The van der Waals surface area contributed by atoms with Gasteiger partial charge in [-0.1, -0.05) is 32.4 Å². The number of guanidine groups is 1. The maximum Gasteiger partial charge on any atom is 0.305 e. The molecule has 50 heteroatoms. The Balaban J connectivity index is 2.26. The van der Waals surface area contributed by atoms with Crippen molar-refractivity contribution in [3.63, 3.8) is 0 Å². The predicted octanol–water partition coefficient (Wildman–Crippen LogP) is -9.68. The number of amides is 12. The molecular formula is C71H106N16O34. The normalized spacial score (nSPS) is 20.9. The number of carboxylic acid groups (broad SMARTS) is 1. The zero-order valence-electron chi connectivity index (χ0n) is 67.6. The molecule has 0 bridgehead atoms. The van der Waals surface area contributed by atoms with Gasteiger partial charge in [0.25, 0.3) is 0 Å². The molecule has 2 fully saturated rings. The van der Waals surface area contributed by atoms with Crippen molar-refractivity contribution in [3.8, 4) is 5.75 Å². The Morgan fingerprint density at radius 1 is 0.496 bits per heavy atom. The number of aromatic hydroxyl groups is 1. The third-order valence-electron chi connectivity index (χ3n) is 17.5. The molecule has 0 aromatic heterocycles. The van der Waals surface area contributed by atoms with Crippen molar-refractivity contribution < 1.29 is 163 Å². The van der Waals surface area contributed by atoms with Gasteiger partial charge in [0.05, 0.1) is 38.6 Å². The van der Waals surface area contributed by atoms with Crippen molar-refractivity contribution in [2.45, 2.75) is 236 Å². The maximum absolute atomic E-state index is 15.2. The van der Waals surface area contributed by atoms with Gasteiger partial charge in [-0.3, -0.25) is 101 Å². The molecule has 1 aromatic rings. The molecule has 0 saturated carbocycles. The minimum absolute atomic E-state index is 0.0139. The molecule has 0 aliphatic carbocycles. The Bertz CT molecular complexity index is 3890. The number of rotatable bonds is 49. The topological polar surface area (TPSA) is 778 Å². The molecule has 0 unspecified atom stereocenters. The van der Waals surface area contributed by atoms with Crippen LogP contribution in [0, 0.1) is 11.3 Å². The summed E-state index contributed by atoms with van der Waals surface area (Å²) >= 11 is 0. The molecule has 50 nitrogen and oxygen atoms in total. The number of carboxylic acids is 1. The van der Waals surface area contributed by atoms with E-state index in [1.54, 1.807) is 0 Å². The molecule has 674 valence electrons. The van der Waals surface area contributed by atoms with E-state index in [0.29, 0.717) is 5.56 Å². The van der Waals surface area contributed by atoms with Crippen LogP contribution in [0.2, 0.25) is 0 Å². The van der Waals surface area contributed by atoms with Crippen molar-refractivity contribution in [2.75, 3.05) is 39.5 Å². The van der Waals surface area contributed by atoms with Gasteiger partial charge in [0.2, 0.25) is 70.9 Å². The number of esters is 7. The Morgan fingerprint density at radius 2 is 0.967 bits per heavy atom. The third kappa shape index (κ3) is 36.3. The van der Waals surface area contributed by atoms with E-state index in [1.165, 1.54) is 38.1 Å². The number of benzene rings is 1. The van der Waals surface area contributed by atoms with Crippen molar-refractivity contribution >= 4 is 125 Å². The van der Waals surface area contributed by atoms with E-state index in [1.807, 2.05) is 0 Å². The van der Waals surface area contributed by atoms with E-state index in [2.05, 4.69) is 53.2 Å². The number of carbonyl (C=O) groups is 20. The van der Waals surface area contributed by atoms with Crippen LogP contribution in [0.25, 0.3) is 0 Å². The number of primary amides is 3. The summed E-state index contributed by atoms with van der Waals surface area (Å²) in [5.74, 6) is -25.4. The standard InChI is InChI=1S/C71H106N16O34/c1-11-29(2)53(68(110)84-44(23-50(74)98)65(107)85-45(25-88)66(108)81-41(60(75)102)13-12-20-78-71(76)77)87-64(106)42(18-19-49(73)97)82-67(109)46(86-61(103)30(3)80-51(99)24-79-63(105)43(21-38-14-16-39(96)17-15-38)83-62(104)40(72)22-52(100)101)26-113-69-58(117-36(9)94)57(116-35(8)93)55(48(119-69)28-112-32(5)90)121-70-59(118-37(10)95)56(115-34(7)92)54(114-33(6)91)47(120-70)27-111-31(4)89/h14-17,29-30,40-48,53-59,69-70,88,96H,11-13,18-28,72H2,1-10H3,(H2,73,97)(H2,74,98)(H2,75,102)(H,79,105)(H,80,99)(H,81,108)(H,82,109)(H,83,104)(H,84,110)(H,85,107)(H,86,103)(H,87,106)(H,100,101)(H4,76,77,78)/t29-,30-,40-,41-,42-,43-,44-,45-,46-,47+,48+,53-,54-,55-,56-,57-,58+,59+,69+,70+/m0/s1. The van der Waals surface area contributed by atoms with E-state index < -0.39 is 305 Å². The monoisotopic (exact) mass is 1730 g/mol. The fourth-order valence-electron chi connectivity index (χ4n) is 11.6. The van der Waals surface area contributed by atoms with Crippen LogP contribution in [0.15, 0.2) is 24.3 Å². The number of hydrogen-bond acceptors (Lipinski definition) is 35. The van der Waals surface area contributed by atoms with Crippen LogP contribution in [0.5, 0.6) is 5.75 Å². The van der Waals surface area contributed by atoms with Gasteiger partial charge in [-0.2, -0.15) is 0 Å². The number of phenolic OH excluding ortho intramolecular Hbond substituents is 1. The number of aliphatic hydroxyl groups excluding tert-OH is 1. The average Bonchev–Trinajstić information content (AvgIpc) is 0.762. The van der Waals surface area contributed by atoms with Gasteiger partial charge in [-0.25, -0.2) is 0 Å². The number of aliphatic hydroxyl groups is 1. The highest BCUT2D eigenvalue weighted by Gasteiger charge is 2.58. The fourth-order valence-corrected chi connectivity index (χ4v) is 11.6. The van der Waals surface area contributed by atoms with E-state index in [9.17, 15) is 106 Å². The molecule has 2 aliphatic heterocycles. The Labute approximate surface area is 690 Å². The van der Waals surface area contributed by atoms with Gasteiger partial charge in [0.15, 0.2) is 49.1 Å². The summed E-state index contributed by atoms with van der Waals surface area (Å²) in [5, 5.41) is 59.5. The van der Waals surface area contributed by atoms with Crippen molar-refractivity contribution in [1.82, 2.24) is 53.2 Å². The smallest absolute Gasteiger partial charge is 0.305 e. The average molecular weight is 1730 g/mol. The number of ether oxygens (including phenoxy) is 11. The lowest BCUT2D eigenvalue weighted by Gasteiger charge is -2.48. The van der Waals surface area contributed by atoms with Crippen LogP contribution in [0.4, 0.5) is 0 Å². The summed E-state index contributed by atoms with van der Waals surface area (Å²) in [5.41, 5.74) is 27.8. The fraction of sp³-hybridized carbons (Fsp3) is 0.620. The molecule has 121 heavy (non-hydrogen) atoms. The van der Waals surface area contributed by atoms with Gasteiger partial charge in [-0.15, -0.1) is 0 Å². The van der Waals surface area contributed by atoms with Crippen LogP contribution in [0.3, 0.4) is 0 Å². The van der Waals surface area contributed by atoms with E-state index in [0.717, 1.165) is 55.4 Å².